The second-order valence-electron chi connectivity index (χ2n) is 3.55. The summed E-state index contributed by atoms with van der Waals surface area (Å²) >= 11 is 0. The van der Waals surface area contributed by atoms with Gasteiger partial charge in [0.25, 0.3) is 0 Å². The summed E-state index contributed by atoms with van der Waals surface area (Å²) in [5.41, 5.74) is 5.79. The molecule has 0 unspecified atom stereocenters. The molecule has 0 heterocycles. The molecule has 1 rings (SSSR count). The summed E-state index contributed by atoms with van der Waals surface area (Å²) in [5.74, 6) is 1.04. The molecule has 12 heavy (non-hydrogen) atoms. The van der Waals surface area contributed by atoms with Crippen molar-refractivity contribution in [3.63, 3.8) is 0 Å². The largest absolute Gasteiger partial charge is 0.495 e. The van der Waals surface area contributed by atoms with E-state index in [1.54, 1.807) is 0 Å². The molecule has 2 nitrogen and oxygen atoms in total. The van der Waals surface area contributed by atoms with Gasteiger partial charge in [-0.3, -0.25) is 0 Å². The van der Waals surface area contributed by atoms with E-state index in [2.05, 4.69) is 0 Å². The Balaban J connectivity index is 2.26. The molecule has 0 atom stereocenters. The van der Waals surface area contributed by atoms with Gasteiger partial charge in [0.15, 0.2) is 0 Å². The standard InChI is InChI=1S/C10H19NO/c1-3-8(2)12-10-6-4-9(11)5-7-10/h3,9-10H,4-7,11H2,1-2H3/b8-3+. The van der Waals surface area contributed by atoms with Crippen molar-refractivity contribution in [3.8, 4) is 0 Å². The van der Waals surface area contributed by atoms with Gasteiger partial charge in [-0.15, -0.1) is 0 Å². The summed E-state index contributed by atoms with van der Waals surface area (Å²) in [6.45, 7) is 4.01. The molecule has 0 saturated heterocycles. The highest BCUT2D eigenvalue weighted by Gasteiger charge is 2.19. The zero-order valence-electron chi connectivity index (χ0n) is 8.05. The number of ether oxygens (including phenoxy) is 1. The Morgan fingerprint density at radius 3 is 2.42 bits per heavy atom. The van der Waals surface area contributed by atoms with Gasteiger partial charge in [0.05, 0.1) is 11.9 Å². The lowest BCUT2D eigenvalue weighted by Crippen LogP contribution is -2.29. The third-order valence-electron chi connectivity index (χ3n) is 2.48. The quantitative estimate of drug-likeness (QED) is 0.643. The molecule has 0 aromatic heterocycles. The molecule has 0 spiro atoms. The van der Waals surface area contributed by atoms with Crippen molar-refractivity contribution < 1.29 is 4.74 Å². The van der Waals surface area contributed by atoms with Crippen LogP contribution in [0.15, 0.2) is 11.8 Å². The molecule has 0 aliphatic heterocycles. The van der Waals surface area contributed by atoms with Crippen molar-refractivity contribution in [1.82, 2.24) is 0 Å². The van der Waals surface area contributed by atoms with Crippen LogP contribution in [0.3, 0.4) is 0 Å². The van der Waals surface area contributed by atoms with Gasteiger partial charge in [-0.05, 0) is 45.6 Å². The molecular formula is C10H19NO. The molecule has 1 aliphatic carbocycles. The van der Waals surface area contributed by atoms with Crippen LogP contribution in [0.1, 0.15) is 39.5 Å². The maximum absolute atomic E-state index is 5.79. The van der Waals surface area contributed by atoms with Crippen LogP contribution in [0.2, 0.25) is 0 Å². The van der Waals surface area contributed by atoms with E-state index < -0.39 is 0 Å². The first kappa shape index (κ1) is 9.59. The van der Waals surface area contributed by atoms with Crippen molar-refractivity contribution in [2.75, 3.05) is 0 Å². The Morgan fingerprint density at radius 1 is 1.33 bits per heavy atom. The number of rotatable bonds is 2. The van der Waals surface area contributed by atoms with Gasteiger partial charge in [-0.25, -0.2) is 0 Å². The molecule has 1 saturated carbocycles. The first-order chi connectivity index (χ1) is 5.72. The number of hydrogen-bond acceptors (Lipinski definition) is 2. The fourth-order valence-corrected chi connectivity index (χ4v) is 1.54. The molecule has 70 valence electrons. The van der Waals surface area contributed by atoms with E-state index in [-0.39, 0.29) is 0 Å². The second-order valence-corrected chi connectivity index (χ2v) is 3.55. The first-order valence-electron chi connectivity index (χ1n) is 4.77. The van der Waals surface area contributed by atoms with Gasteiger partial charge in [-0.1, -0.05) is 0 Å². The molecule has 2 N–H and O–H groups in total. The summed E-state index contributed by atoms with van der Waals surface area (Å²) in [4.78, 5) is 0. The van der Waals surface area contributed by atoms with E-state index in [0.717, 1.165) is 31.4 Å². The highest BCUT2D eigenvalue weighted by Crippen LogP contribution is 2.21. The molecule has 0 amide bonds. The van der Waals surface area contributed by atoms with Crippen molar-refractivity contribution >= 4 is 0 Å². The molecule has 0 bridgehead atoms. The third kappa shape index (κ3) is 2.86. The minimum atomic E-state index is 0.413. The van der Waals surface area contributed by atoms with Crippen LogP contribution < -0.4 is 5.73 Å². The van der Waals surface area contributed by atoms with Gasteiger partial charge >= 0.3 is 0 Å². The van der Waals surface area contributed by atoms with Crippen molar-refractivity contribution in [1.29, 1.82) is 0 Å². The molecule has 0 radical (unpaired) electrons. The summed E-state index contributed by atoms with van der Waals surface area (Å²) in [6.07, 6.45) is 6.89. The Labute approximate surface area is 74.8 Å². The van der Waals surface area contributed by atoms with E-state index in [0.29, 0.717) is 12.1 Å². The normalized spacial score (nSPS) is 31.8. The number of allylic oxidation sites excluding steroid dienone is 2. The Hall–Kier alpha value is -0.500. The smallest absolute Gasteiger partial charge is 0.0983 e. The maximum atomic E-state index is 5.79. The SMILES string of the molecule is C/C=C(\C)OC1CCC(N)CC1. The fourth-order valence-electron chi connectivity index (χ4n) is 1.54. The van der Waals surface area contributed by atoms with E-state index in [1.165, 1.54) is 0 Å². The van der Waals surface area contributed by atoms with E-state index in [1.807, 2.05) is 19.9 Å². The lowest BCUT2D eigenvalue weighted by molar-refractivity contribution is 0.0785. The monoisotopic (exact) mass is 169 g/mol. The minimum absolute atomic E-state index is 0.413. The zero-order valence-corrected chi connectivity index (χ0v) is 8.05. The van der Waals surface area contributed by atoms with Gasteiger partial charge < -0.3 is 10.5 Å². The Morgan fingerprint density at radius 2 is 1.92 bits per heavy atom. The summed E-state index contributed by atoms with van der Waals surface area (Å²) in [5, 5.41) is 0. The number of nitrogens with two attached hydrogens (primary N) is 1. The van der Waals surface area contributed by atoms with Crippen LogP contribution >= 0.6 is 0 Å². The van der Waals surface area contributed by atoms with Crippen LogP contribution in [0.5, 0.6) is 0 Å². The highest BCUT2D eigenvalue weighted by molar-refractivity contribution is 4.87. The van der Waals surface area contributed by atoms with E-state index >= 15 is 0 Å². The molecule has 1 aliphatic rings. The van der Waals surface area contributed by atoms with Crippen LogP contribution in [-0.2, 0) is 4.74 Å². The first-order valence-corrected chi connectivity index (χ1v) is 4.77. The average Bonchev–Trinajstić information content (AvgIpc) is 2.09. The van der Waals surface area contributed by atoms with E-state index in [9.17, 15) is 0 Å². The molecule has 0 aromatic carbocycles. The zero-order chi connectivity index (χ0) is 8.97. The summed E-state index contributed by atoms with van der Waals surface area (Å²) < 4.78 is 5.69. The predicted molar refractivity (Wildman–Crippen MR) is 50.7 cm³/mol. The van der Waals surface area contributed by atoms with Gasteiger partial charge in [0, 0.05) is 6.04 Å². The Bertz CT molecular complexity index is 157. The average molecular weight is 169 g/mol. The topological polar surface area (TPSA) is 35.2 Å². The van der Waals surface area contributed by atoms with Crippen LogP contribution in [-0.4, -0.2) is 12.1 Å². The predicted octanol–water partition coefficient (Wildman–Crippen LogP) is 2.20. The molecule has 0 aromatic rings. The van der Waals surface area contributed by atoms with Crippen LogP contribution in [0, 0.1) is 0 Å². The van der Waals surface area contributed by atoms with Crippen molar-refractivity contribution in [3.05, 3.63) is 11.8 Å². The Kier molecular flexibility index (Phi) is 3.60. The van der Waals surface area contributed by atoms with Crippen molar-refractivity contribution in [2.45, 2.75) is 51.7 Å². The fraction of sp³-hybridized carbons (Fsp3) is 0.800. The summed E-state index contributed by atoms with van der Waals surface area (Å²) in [7, 11) is 0. The van der Waals surface area contributed by atoms with Gasteiger partial charge in [-0.2, -0.15) is 0 Å². The van der Waals surface area contributed by atoms with Crippen LogP contribution in [0.25, 0.3) is 0 Å². The molecule has 2 heteroatoms. The molecular weight excluding hydrogens is 150 g/mol. The number of hydrogen-bond donors (Lipinski definition) is 1. The molecule has 1 fully saturated rings. The van der Waals surface area contributed by atoms with E-state index in [4.69, 9.17) is 10.5 Å². The maximum Gasteiger partial charge on any atom is 0.0983 e. The lowest BCUT2D eigenvalue weighted by atomic mass is 9.94. The van der Waals surface area contributed by atoms with Gasteiger partial charge in [0.2, 0.25) is 0 Å². The highest BCUT2D eigenvalue weighted by atomic mass is 16.5. The van der Waals surface area contributed by atoms with Gasteiger partial charge in [0.1, 0.15) is 0 Å². The minimum Gasteiger partial charge on any atom is -0.495 e. The summed E-state index contributed by atoms with van der Waals surface area (Å²) in [6, 6.07) is 0.413. The third-order valence-corrected chi connectivity index (χ3v) is 2.48. The van der Waals surface area contributed by atoms with Crippen LogP contribution in [0.4, 0.5) is 0 Å². The lowest BCUT2D eigenvalue weighted by Gasteiger charge is -2.26. The second kappa shape index (κ2) is 4.51. The van der Waals surface area contributed by atoms with Crippen molar-refractivity contribution in [2.24, 2.45) is 5.73 Å².